The number of nitrogens with two attached hydrogens (primary N) is 1. The first-order chi connectivity index (χ1) is 10.1. The van der Waals surface area contributed by atoms with Crippen LogP contribution in [0.15, 0.2) is 42.9 Å². The summed E-state index contributed by atoms with van der Waals surface area (Å²) in [7, 11) is 1.39. The van der Waals surface area contributed by atoms with E-state index < -0.39 is 6.04 Å². The highest BCUT2D eigenvalue weighted by atomic mass is 16.5. The Morgan fingerprint density at radius 3 is 2.52 bits per heavy atom. The normalized spacial score (nSPS) is 14.0. The second-order valence-electron chi connectivity index (χ2n) is 5.33. The molecule has 21 heavy (non-hydrogen) atoms. The molecule has 112 valence electrons. The first-order valence-corrected chi connectivity index (χ1v) is 6.96. The first kappa shape index (κ1) is 15.3. The summed E-state index contributed by atoms with van der Waals surface area (Å²) in [5, 5.41) is 0. The number of ether oxygens (including phenoxy) is 1. The Morgan fingerprint density at radius 1 is 1.29 bits per heavy atom. The molecule has 5 heteroatoms. The number of hydrogen-bond acceptors (Lipinski definition) is 4. The van der Waals surface area contributed by atoms with Crippen molar-refractivity contribution < 1.29 is 9.53 Å². The van der Waals surface area contributed by atoms with Crippen molar-refractivity contribution in [2.24, 2.45) is 11.7 Å². The van der Waals surface area contributed by atoms with Crippen LogP contribution in [-0.4, -0.2) is 22.6 Å². The Hall–Kier alpha value is -2.14. The van der Waals surface area contributed by atoms with E-state index in [0.29, 0.717) is 0 Å². The van der Waals surface area contributed by atoms with E-state index in [1.54, 1.807) is 17.1 Å². The van der Waals surface area contributed by atoms with E-state index in [0.717, 1.165) is 11.3 Å². The van der Waals surface area contributed by atoms with Crippen LogP contribution in [0.2, 0.25) is 0 Å². The van der Waals surface area contributed by atoms with Gasteiger partial charge >= 0.3 is 5.97 Å². The van der Waals surface area contributed by atoms with Gasteiger partial charge in [-0.15, -0.1) is 0 Å². The molecule has 1 aromatic carbocycles. The second-order valence-corrected chi connectivity index (χ2v) is 5.33. The molecular weight excluding hydrogens is 266 g/mol. The summed E-state index contributed by atoms with van der Waals surface area (Å²) in [5.74, 6) is -0.0917. The van der Waals surface area contributed by atoms with Gasteiger partial charge in [-0.1, -0.05) is 44.2 Å². The number of esters is 1. The average Bonchev–Trinajstić information content (AvgIpc) is 2.96. The topological polar surface area (TPSA) is 70.1 Å². The Kier molecular flexibility index (Phi) is 4.75. The van der Waals surface area contributed by atoms with E-state index in [1.807, 2.05) is 44.2 Å². The van der Waals surface area contributed by atoms with Crippen molar-refractivity contribution in [1.82, 2.24) is 9.55 Å². The number of imidazole rings is 1. The summed E-state index contributed by atoms with van der Waals surface area (Å²) in [6.07, 6.45) is 3.34. The number of benzene rings is 1. The minimum Gasteiger partial charge on any atom is -0.467 e. The molecule has 0 aliphatic heterocycles. The Labute approximate surface area is 124 Å². The SMILES string of the molecule is COC(=O)C(c1ccccc1)n1cncc1C(N)C(C)C. The van der Waals surface area contributed by atoms with Crippen molar-refractivity contribution in [3.05, 3.63) is 54.1 Å². The van der Waals surface area contributed by atoms with Gasteiger partial charge in [0.05, 0.1) is 19.1 Å². The summed E-state index contributed by atoms with van der Waals surface area (Å²) in [6, 6.07) is 8.72. The molecular formula is C16H21N3O2. The molecule has 2 rings (SSSR count). The fraction of sp³-hybridized carbons (Fsp3) is 0.375. The Bertz CT molecular complexity index is 593. The van der Waals surface area contributed by atoms with Gasteiger partial charge in [0.15, 0.2) is 6.04 Å². The largest absolute Gasteiger partial charge is 0.467 e. The molecule has 0 amide bonds. The van der Waals surface area contributed by atoms with E-state index >= 15 is 0 Å². The molecule has 0 aliphatic rings. The Morgan fingerprint density at radius 2 is 1.95 bits per heavy atom. The van der Waals surface area contributed by atoms with Gasteiger partial charge in [-0.3, -0.25) is 0 Å². The average molecular weight is 287 g/mol. The molecule has 0 spiro atoms. The lowest BCUT2D eigenvalue weighted by atomic mass is 10.0. The first-order valence-electron chi connectivity index (χ1n) is 6.96. The Balaban J connectivity index is 2.49. The molecule has 0 fully saturated rings. The van der Waals surface area contributed by atoms with Crippen LogP contribution in [0.3, 0.4) is 0 Å². The van der Waals surface area contributed by atoms with Gasteiger partial charge in [0.25, 0.3) is 0 Å². The molecule has 0 aliphatic carbocycles. The number of nitrogens with zero attached hydrogens (tertiary/aromatic N) is 2. The number of aromatic nitrogens is 2. The van der Waals surface area contributed by atoms with Crippen LogP contribution in [0.25, 0.3) is 0 Å². The van der Waals surface area contributed by atoms with Crippen molar-refractivity contribution in [3.8, 4) is 0 Å². The van der Waals surface area contributed by atoms with Crippen LogP contribution in [-0.2, 0) is 9.53 Å². The van der Waals surface area contributed by atoms with E-state index in [9.17, 15) is 4.79 Å². The van der Waals surface area contributed by atoms with Crippen molar-refractivity contribution >= 4 is 5.97 Å². The maximum atomic E-state index is 12.2. The molecule has 0 saturated carbocycles. The zero-order valence-electron chi connectivity index (χ0n) is 12.6. The monoisotopic (exact) mass is 287 g/mol. The van der Waals surface area contributed by atoms with Crippen LogP contribution in [0.4, 0.5) is 0 Å². The predicted molar refractivity (Wildman–Crippen MR) is 80.6 cm³/mol. The minimum atomic E-state index is -0.571. The van der Waals surface area contributed by atoms with Crippen LogP contribution in [0.5, 0.6) is 0 Å². The smallest absolute Gasteiger partial charge is 0.333 e. The second kappa shape index (κ2) is 6.54. The van der Waals surface area contributed by atoms with Gasteiger partial charge in [0.1, 0.15) is 0 Å². The third-order valence-corrected chi connectivity index (χ3v) is 3.57. The molecule has 2 N–H and O–H groups in total. The van der Waals surface area contributed by atoms with Gasteiger partial charge in [0.2, 0.25) is 0 Å². The lowest BCUT2D eigenvalue weighted by Gasteiger charge is -2.23. The minimum absolute atomic E-state index is 0.191. The fourth-order valence-electron chi connectivity index (χ4n) is 2.29. The van der Waals surface area contributed by atoms with Gasteiger partial charge in [0, 0.05) is 12.2 Å². The predicted octanol–water partition coefficient (Wildman–Crippen LogP) is 2.30. The number of carbonyl (C=O) groups is 1. The van der Waals surface area contributed by atoms with Crippen LogP contribution in [0.1, 0.15) is 37.2 Å². The van der Waals surface area contributed by atoms with E-state index in [2.05, 4.69) is 4.98 Å². The number of methoxy groups -OCH3 is 1. The third-order valence-electron chi connectivity index (χ3n) is 3.57. The van der Waals surface area contributed by atoms with Crippen LogP contribution < -0.4 is 5.73 Å². The molecule has 5 nitrogen and oxygen atoms in total. The fourth-order valence-corrected chi connectivity index (χ4v) is 2.29. The summed E-state index contributed by atoms with van der Waals surface area (Å²) in [4.78, 5) is 16.4. The molecule has 0 saturated heterocycles. The zero-order chi connectivity index (χ0) is 15.4. The van der Waals surface area contributed by atoms with Crippen molar-refractivity contribution in [3.63, 3.8) is 0 Å². The quantitative estimate of drug-likeness (QED) is 0.857. The molecule has 2 unspecified atom stereocenters. The molecule has 1 heterocycles. The molecule has 0 bridgehead atoms. The number of rotatable bonds is 5. The lowest BCUT2D eigenvalue weighted by Crippen LogP contribution is -2.27. The molecule has 2 atom stereocenters. The summed E-state index contributed by atoms with van der Waals surface area (Å²) < 4.78 is 6.75. The highest BCUT2D eigenvalue weighted by Gasteiger charge is 2.27. The van der Waals surface area contributed by atoms with Gasteiger partial charge in [-0.2, -0.15) is 0 Å². The van der Waals surface area contributed by atoms with Crippen molar-refractivity contribution in [1.29, 1.82) is 0 Å². The van der Waals surface area contributed by atoms with Crippen molar-refractivity contribution in [2.45, 2.75) is 25.9 Å². The van der Waals surface area contributed by atoms with Crippen LogP contribution in [0, 0.1) is 5.92 Å². The highest BCUT2D eigenvalue weighted by Crippen LogP contribution is 2.26. The number of carbonyl (C=O) groups excluding carboxylic acids is 1. The summed E-state index contributed by atoms with van der Waals surface area (Å²) in [5.41, 5.74) is 7.90. The molecule has 0 radical (unpaired) electrons. The standard InChI is InChI=1S/C16H21N3O2/c1-11(2)14(17)13-9-18-10-19(13)15(16(20)21-3)12-7-5-4-6-8-12/h4-11,14-15H,17H2,1-3H3. The van der Waals surface area contributed by atoms with Gasteiger partial charge in [-0.25, -0.2) is 9.78 Å². The van der Waals surface area contributed by atoms with Gasteiger partial charge < -0.3 is 15.0 Å². The third kappa shape index (κ3) is 3.13. The summed E-state index contributed by atoms with van der Waals surface area (Å²) in [6.45, 7) is 4.08. The number of hydrogen-bond donors (Lipinski definition) is 1. The van der Waals surface area contributed by atoms with E-state index in [1.165, 1.54) is 7.11 Å². The zero-order valence-corrected chi connectivity index (χ0v) is 12.6. The van der Waals surface area contributed by atoms with Crippen molar-refractivity contribution in [2.75, 3.05) is 7.11 Å². The summed E-state index contributed by atoms with van der Waals surface area (Å²) >= 11 is 0. The van der Waals surface area contributed by atoms with Crippen LogP contribution >= 0.6 is 0 Å². The molecule has 1 aromatic heterocycles. The highest BCUT2D eigenvalue weighted by molar-refractivity contribution is 5.78. The lowest BCUT2D eigenvalue weighted by molar-refractivity contribution is -0.143. The maximum absolute atomic E-state index is 12.2. The van der Waals surface area contributed by atoms with Gasteiger partial charge in [-0.05, 0) is 11.5 Å². The van der Waals surface area contributed by atoms with E-state index in [-0.39, 0.29) is 17.9 Å². The van der Waals surface area contributed by atoms with E-state index in [4.69, 9.17) is 10.5 Å². The molecule has 2 aromatic rings. The maximum Gasteiger partial charge on any atom is 0.333 e.